The van der Waals surface area contributed by atoms with Crippen molar-refractivity contribution in [2.24, 2.45) is 0 Å². The summed E-state index contributed by atoms with van der Waals surface area (Å²) in [5.74, 6) is 1.22. The molecule has 0 radical (unpaired) electrons. The maximum Gasteiger partial charge on any atom is 0.321 e. The molecular weight excluding hydrogens is 334 g/mol. The molecule has 2 atom stereocenters. The smallest absolute Gasteiger partial charge is 0.321 e. The molecule has 3 N–H and O–H groups in total. The normalized spacial score (nSPS) is 18.8. The van der Waals surface area contributed by atoms with Gasteiger partial charge in [0.05, 0.1) is 7.05 Å². The van der Waals surface area contributed by atoms with Crippen molar-refractivity contribution in [2.45, 2.75) is 57.7 Å². The Kier molecular flexibility index (Phi) is 5.98. The molecule has 1 saturated carbocycles. The molecule has 2 aliphatic rings. The van der Waals surface area contributed by atoms with Crippen LogP contribution in [0.4, 0.5) is 4.79 Å². The van der Waals surface area contributed by atoms with Crippen molar-refractivity contribution < 1.29 is 24.0 Å². The van der Waals surface area contributed by atoms with E-state index >= 15 is 0 Å². The van der Waals surface area contributed by atoms with Crippen LogP contribution in [0.1, 0.15) is 44.6 Å². The number of carbonyl (C=O) groups is 2. The molecule has 1 fully saturated rings. The molecule has 26 heavy (non-hydrogen) atoms. The van der Waals surface area contributed by atoms with E-state index in [1.807, 2.05) is 32.2 Å². The number of hydrogen-bond acceptors (Lipinski definition) is 4. The van der Waals surface area contributed by atoms with E-state index in [1.165, 1.54) is 6.42 Å². The fourth-order valence-electron chi connectivity index (χ4n) is 3.44. The molecule has 1 aromatic carbocycles. The van der Waals surface area contributed by atoms with Gasteiger partial charge in [-0.15, -0.1) is 0 Å². The summed E-state index contributed by atoms with van der Waals surface area (Å²) < 4.78 is 10.7. The van der Waals surface area contributed by atoms with Crippen LogP contribution in [0.15, 0.2) is 18.2 Å². The van der Waals surface area contributed by atoms with Gasteiger partial charge in [-0.1, -0.05) is 19.3 Å². The second-order valence-electron chi connectivity index (χ2n) is 7.23. The first-order valence-corrected chi connectivity index (χ1v) is 9.35. The standard InChI is InChI=1S/C19H27N3O4/c1-13(18(23)21-19(24)20-15-6-4-3-5-7-15)22(2)11-14-8-9-16-17(10-14)26-12-25-16/h8-10,13,15H,3-7,11-12H2,1-2H3,(H2,20,21,23,24)/p+1/t13-/m1/s1. The quantitative estimate of drug-likeness (QED) is 0.729. The van der Waals surface area contributed by atoms with E-state index in [4.69, 9.17) is 9.47 Å². The van der Waals surface area contributed by atoms with Gasteiger partial charge in [0, 0.05) is 11.6 Å². The summed E-state index contributed by atoms with van der Waals surface area (Å²) in [7, 11) is 1.94. The number of carbonyl (C=O) groups excluding carboxylic acids is 2. The van der Waals surface area contributed by atoms with Crippen LogP contribution in [0.25, 0.3) is 0 Å². The zero-order valence-corrected chi connectivity index (χ0v) is 15.5. The van der Waals surface area contributed by atoms with Crippen LogP contribution in [-0.2, 0) is 11.3 Å². The number of amides is 3. The number of fused-ring (bicyclic) bond motifs is 1. The van der Waals surface area contributed by atoms with Crippen molar-refractivity contribution in [1.82, 2.24) is 10.6 Å². The third-order valence-corrected chi connectivity index (χ3v) is 5.23. The second kappa shape index (κ2) is 8.40. The Hall–Kier alpha value is -2.28. The van der Waals surface area contributed by atoms with Crippen LogP contribution in [0.2, 0.25) is 0 Å². The van der Waals surface area contributed by atoms with E-state index in [1.54, 1.807) is 0 Å². The number of nitrogens with one attached hydrogen (secondary N) is 3. The highest BCUT2D eigenvalue weighted by molar-refractivity contribution is 5.96. The fraction of sp³-hybridized carbons (Fsp3) is 0.579. The van der Waals surface area contributed by atoms with Crippen LogP contribution in [-0.4, -0.2) is 37.9 Å². The van der Waals surface area contributed by atoms with Gasteiger partial charge in [0.15, 0.2) is 17.5 Å². The van der Waals surface area contributed by atoms with Gasteiger partial charge in [-0.3, -0.25) is 10.1 Å². The molecule has 7 heteroatoms. The minimum absolute atomic E-state index is 0.186. The minimum atomic E-state index is -0.385. The lowest BCUT2D eigenvalue weighted by Gasteiger charge is -2.24. The third-order valence-electron chi connectivity index (χ3n) is 5.23. The zero-order chi connectivity index (χ0) is 18.5. The van der Waals surface area contributed by atoms with Crippen molar-refractivity contribution >= 4 is 11.9 Å². The number of rotatable bonds is 5. The van der Waals surface area contributed by atoms with Crippen molar-refractivity contribution in [1.29, 1.82) is 0 Å². The molecule has 0 aromatic heterocycles. The molecule has 0 saturated heterocycles. The first kappa shape index (κ1) is 18.5. The van der Waals surface area contributed by atoms with Gasteiger partial charge in [-0.2, -0.15) is 0 Å². The Balaban J connectivity index is 1.48. The third kappa shape index (κ3) is 4.66. The maximum atomic E-state index is 12.4. The van der Waals surface area contributed by atoms with Crippen LogP contribution >= 0.6 is 0 Å². The average Bonchev–Trinajstić information content (AvgIpc) is 3.09. The van der Waals surface area contributed by atoms with E-state index in [2.05, 4.69) is 10.6 Å². The summed E-state index contributed by atoms with van der Waals surface area (Å²) in [6, 6.07) is 5.24. The first-order chi connectivity index (χ1) is 12.5. The maximum absolute atomic E-state index is 12.4. The van der Waals surface area contributed by atoms with Gasteiger partial charge in [0.1, 0.15) is 6.54 Å². The first-order valence-electron chi connectivity index (χ1n) is 9.35. The van der Waals surface area contributed by atoms with Crippen molar-refractivity contribution in [2.75, 3.05) is 13.8 Å². The Morgan fingerprint density at radius 3 is 2.69 bits per heavy atom. The summed E-state index contributed by atoms with van der Waals surface area (Å²) in [6.07, 6.45) is 5.48. The van der Waals surface area contributed by atoms with E-state index in [0.29, 0.717) is 6.54 Å². The van der Waals surface area contributed by atoms with Gasteiger partial charge in [-0.25, -0.2) is 4.79 Å². The van der Waals surface area contributed by atoms with Gasteiger partial charge in [0.2, 0.25) is 6.79 Å². The van der Waals surface area contributed by atoms with Gasteiger partial charge < -0.3 is 19.7 Å². The van der Waals surface area contributed by atoms with Crippen LogP contribution in [0, 0.1) is 0 Å². The Bertz CT molecular complexity index is 658. The number of likely N-dealkylation sites (N-methyl/N-ethyl adjacent to an activating group) is 1. The van der Waals surface area contributed by atoms with Gasteiger partial charge in [-0.05, 0) is 38.0 Å². The zero-order valence-electron chi connectivity index (χ0n) is 15.5. The number of hydrogen-bond donors (Lipinski definition) is 3. The Morgan fingerprint density at radius 2 is 1.92 bits per heavy atom. The van der Waals surface area contributed by atoms with Gasteiger partial charge in [0.25, 0.3) is 5.91 Å². The van der Waals surface area contributed by atoms with Crippen molar-refractivity contribution in [3.63, 3.8) is 0 Å². The second-order valence-corrected chi connectivity index (χ2v) is 7.23. The summed E-state index contributed by atoms with van der Waals surface area (Å²) in [6.45, 7) is 2.72. The molecule has 0 bridgehead atoms. The van der Waals surface area contributed by atoms with E-state index < -0.39 is 0 Å². The van der Waals surface area contributed by atoms with Gasteiger partial charge >= 0.3 is 6.03 Å². The summed E-state index contributed by atoms with van der Waals surface area (Å²) in [5.41, 5.74) is 1.05. The molecule has 1 aliphatic carbocycles. The number of ether oxygens (including phenoxy) is 2. The minimum Gasteiger partial charge on any atom is -0.454 e. The monoisotopic (exact) mass is 362 g/mol. The fourth-order valence-corrected chi connectivity index (χ4v) is 3.44. The lowest BCUT2D eigenvalue weighted by Crippen LogP contribution is -3.12. The molecule has 0 spiro atoms. The predicted molar refractivity (Wildman–Crippen MR) is 96.2 cm³/mol. The molecule has 1 aromatic rings. The molecule has 7 nitrogen and oxygen atoms in total. The predicted octanol–water partition coefficient (Wildman–Crippen LogP) is 0.977. The number of quaternary nitrogens is 1. The molecule has 1 heterocycles. The highest BCUT2D eigenvalue weighted by atomic mass is 16.7. The highest BCUT2D eigenvalue weighted by Gasteiger charge is 2.25. The van der Waals surface area contributed by atoms with E-state index in [9.17, 15) is 9.59 Å². The molecule has 142 valence electrons. The molecule has 1 unspecified atom stereocenters. The molecule has 1 aliphatic heterocycles. The Morgan fingerprint density at radius 1 is 1.19 bits per heavy atom. The lowest BCUT2D eigenvalue weighted by atomic mass is 9.96. The molecule has 3 rings (SSSR count). The number of imide groups is 1. The molecular formula is C19H28N3O4+. The van der Waals surface area contributed by atoms with Crippen LogP contribution < -0.4 is 25.0 Å². The van der Waals surface area contributed by atoms with E-state index in [-0.39, 0.29) is 30.8 Å². The van der Waals surface area contributed by atoms with Crippen molar-refractivity contribution in [3.05, 3.63) is 23.8 Å². The number of benzene rings is 1. The summed E-state index contributed by atoms with van der Waals surface area (Å²) in [5, 5.41) is 5.39. The topological polar surface area (TPSA) is 81.1 Å². The van der Waals surface area contributed by atoms with Crippen molar-refractivity contribution in [3.8, 4) is 11.5 Å². The SMILES string of the molecule is C[C@H](C(=O)NC(=O)NC1CCCCC1)[NH+](C)Cc1ccc2c(c1)OCO2. The highest BCUT2D eigenvalue weighted by Crippen LogP contribution is 2.32. The largest absolute Gasteiger partial charge is 0.454 e. The van der Waals surface area contributed by atoms with Crippen LogP contribution in [0.5, 0.6) is 11.5 Å². The Labute approximate surface area is 154 Å². The lowest BCUT2D eigenvalue weighted by molar-refractivity contribution is -0.908. The average molecular weight is 362 g/mol. The summed E-state index contributed by atoms with van der Waals surface area (Å²) >= 11 is 0. The number of urea groups is 1. The van der Waals surface area contributed by atoms with Crippen LogP contribution in [0.3, 0.4) is 0 Å². The van der Waals surface area contributed by atoms with E-state index in [0.717, 1.165) is 47.6 Å². The summed E-state index contributed by atoms with van der Waals surface area (Å²) in [4.78, 5) is 25.4. The molecule has 3 amide bonds.